The zero-order valence-electron chi connectivity index (χ0n) is 9.28. The lowest BCUT2D eigenvalue weighted by Crippen LogP contribution is -1.98. The first-order valence-corrected chi connectivity index (χ1v) is 5.06. The molecule has 0 spiro atoms. The minimum absolute atomic E-state index is 0.985. The molecule has 0 bridgehead atoms. The van der Waals surface area contributed by atoms with Crippen molar-refractivity contribution in [3.63, 3.8) is 0 Å². The summed E-state index contributed by atoms with van der Waals surface area (Å²) in [5, 5.41) is 0. The molecule has 15 heavy (non-hydrogen) atoms. The summed E-state index contributed by atoms with van der Waals surface area (Å²) in [5.74, 6) is 0. The van der Waals surface area contributed by atoms with Crippen LogP contribution in [0.5, 0.6) is 0 Å². The van der Waals surface area contributed by atoms with Crippen molar-refractivity contribution in [1.29, 1.82) is 0 Å². The lowest BCUT2D eigenvalue weighted by Gasteiger charge is -2.07. The molecular weight excluding hydrogens is 184 g/mol. The van der Waals surface area contributed by atoms with Crippen molar-refractivity contribution in [1.82, 2.24) is 9.97 Å². The Labute approximate surface area is 90.0 Å². The van der Waals surface area contributed by atoms with Gasteiger partial charge in [-0.25, -0.2) is 4.98 Å². The summed E-state index contributed by atoms with van der Waals surface area (Å²) >= 11 is 0. The van der Waals surface area contributed by atoms with Gasteiger partial charge in [-0.1, -0.05) is 30.3 Å². The molecule has 0 saturated heterocycles. The SMILES string of the molecule is Cc1nc(C)c(-c2ccccc2)nc1C. The van der Waals surface area contributed by atoms with E-state index in [0.717, 1.165) is 28.3 Å². The second-order valence-electron chi connectivity index (χ2n) is 3.69. The molecule has 0 unspecified atom stereocenters. The average molecular weight is 198 g/mol. The third-order valence-electron chi connectivity index (χ3n) is 2.53. The van der Waals surface area contributed by atoms with Gasteiger partial charge in [0, 0.05) is 5.56 Å². The van der Waals surface area contributed by atoms with Gasteiger partial charge in [0.25, 0.3) is 0 Å². The standard InChI is InChI=1S/C13H14N2/c1-9-10(2)15-13(11(3)14-9)12-7-5-4-6-8-12/h4-8H,1-3H3. The molecule has 2 heteroatoms. The fourth-order valence-corrected chi connectivity index (χ4v) is 1.58. The second kappa shape index (κ2) is 3.81. The Morgan fingerprint density at radius 2 is 1.33 bits per heavy atom. The number of rotatable bonds is 1. The lowest BCUT2D eigenvalue weighted by molar-refractivity contribution is 1.01. The van der Waals surface area contributed by atoms with Crippen LogP contribution in [0.25, 0.3) is 11.3 Å². The molecule has 1 heterocycles. The maximum atomic E-state index is 4.58. The van der Waals surface area contributed by atoms with Crippen molar-refractivity contribution < 1.29 is 0 Å². The van der Waals surface area contributed by atoms with Gasteiger partial charge in [-0.05, 0) is 20.8 Å². The van der Waals surface area contributed by atoms with E-state index in [1.54, 1.807) is 0 Å². The average Bonchev–Trinajstić information content (AvgIpc) is 2.25. The number of nitrogens with zero attached hydrogens (tertiary/aromatic N) is 2. The number of aryl methyl sites for hydroxylation is 3. The third-order valence-corrected chi connectivity index (χ3v) is 2.53. The van der Waals surface area contributed by atoms with E-state index in [4.69, 9.17) is 0 Å². The summed E-state index contributed by atoms with van der Waals surface area (Å²) in [4.78, 5) is 9.07. The molecular formula is C13H14N2. The molecule has 0 aliphatic heterocycles. The Morgan fingerprint density at radius 1 is 0.733 bits per heavy atom. The van der Waals surface area contributed by atoms with E-state index in [1.165, 1.54) is 0 Å². The monoisotopic (exact) mass is 198 g/mol. The Hall–Kier alpha value is -1.70. The molecule has 1 aromatic carbocycles. The highest BCUT2D eigenvalue weighted by atomic mass is 14.8. The molecule has 2 nitrogen and oxygen atoms in total. The first-order chi connectivity index (χ1) is 7.18. The summed E-state index contributed by atoms with van der Waals surface area (Å²) in [6, 6.07) is 10.2. The van der Waals surface area contributed by atoms with Gasteiger partial charge < -0.3 is 0 Å². The number of aromatic nitrogens is 2. The van der Waals surface area contributed by atoms with Crippen molar-refractivity contribution in [2.75, 3.05) is 0 Å². The van der Waals surface area contributed by atoms with Crippen LogP contribution in [-0.4, -0.2) is 9.97 Å². The third kappa shape index (κ3) is 1.89. The maximum absolute atomic E-state index is 4.58. The Bertz CT molecular complexity index is 475. The van der Waals surface area contributed by atoms with E-state index < -0.39 is 0 Å². The van der Waals surface area contributed by atoms with Crippen molar-refractivity contribution in [2.24, 2.45) is 0 Å². The van der Waals surface area contributed by atoms with Crippen LogP contribution in [-0.2, 0) is 0 Å². The minimum atomic E-state index is 0.985. The predicted octanol–water partition coefficient (Wildman–Crippen LogP) is 3.07. The van der Waals surface area contributed by atoms with E-state index in [-0.39, 0.29) is 0 Å². The summed E-state index contributed by atoms with van der Waals surface area (Å²) in [6.45, 7) is 5.99. The number of hydrogen-bond donors (Lipinski definition) is 0. The van der Waals surface area contributed by atoms with Gasteiger partial charge in [0.15, 0.2) is 0 Å². The summed E-state index contributed by atoms with van der Waals surface area (Å²) in [5.41, 5.74) is 5.11. The number of benzene rings is 1. The van der Waals surface area contributed by atoms with Crippen LogP contribution in [0, 0.1) is 20.8 Å². The van der Waals surface area contributed by atoms with Gasteiger partial charge in [0.2, 0.25) is 0 Å². The number of hydrogen-bond acceptors (Lipinski definition) is 2. The second-order valence-corrected chi connectivity index (χ2v) is 3.69. The quantitative estimate of drug-likeness (QED) is 0.703. The molecule has 0 amide bonds. The fraction of sp³-hybridized carbons (Fsp3) is 0.231. The fourth-order valence-electron chi connectivity index (χ4n) is 1.58. The molecule has 2 rings (SSSR count). The van der Waals surface area contributed by atoms with Gasteiger partial charge in [0.05, 0.1) is 22.8 Å². The molecule has 76 valence electrons. The van der Waals surface area contributed by atoms with Crippen molar-refractivity contribution in [3.8, 4) is 11.3 Å². The molecule has 0 fully saturated rings. The molecule has 0 atom stereocenters. The Kier molecular flexibility index (Phi) is 2.50. The summed E-state index contributed by atoms with van der Waals surface area (Å²) < 4.78 is 0. The van der Waals surface area contributed by atoms with Crippen molar-refractivity contribution in [2.45, 2.75) is 20.8 Å². The first kappa shape index (κ1) is 9.84. The highest BCUT2D eigenvalue weighted by molar-refractivity contribution is 5.61. The van der Waals surface area contributed by atoms with Crippen LogP contribution in [0.3, 0.4) is 0 Å². The highest BCUT2D eigenvalue weighted by Gasteiger charge is 2.06. The normalized spacial score (nSPS) is 10.3. The molecule has 0 aliphatic rings. The topological polar surface area (TPSA) is 25.8 Å². The van der Waals surface area contributed by atoms with E-state index in [2.05, 4.69) is 22.1 Å². The van der Waals surface area contributed by atoms with E-state index in [1.807, 2.05) is 39.0 Å². The first-order valence-electron chi connectivity index (χ1n) is 5.06. The lowest BCUT2D eigenvalue weighted by atomic mass is 10.1. The van der Waals surface area contributed by atoms with Crippen LogP contribution >= 0.6 is 0 Å². The molecule has 0 radical (unpaired) electrons. The van der Waals surface area contributed by atoms with Crippen molar-refractivity contribution in [3.05, 3.63) is 47.4 Å². The van der Waals surface area contributed by atoms with Crippen molar-refractivity contribution >= 4 is 0 Å². The van der Waals surface area contributed by atoms with Gasteiger partial charge in [0.1, 0.15) is 0 Å². The molecule has 0 aliphatic carbocycles. The molecule has 1 aromatic heterocycles. The Morgan fingerprint density at radius 3 is 2.00 bits per heavy atom. The molecule has 0 saturated carbocycles. The van der Waals surface area contributed by atoms with Crippen LogP contribution in [0.1, 0.15) is 17.1 Å². The maximum Gasteiger partial charge on any atom is 0.0917 e. The van der Waals surface area contributed by atoms with Gasteiger partial charge in [-0.15, -0.1) is 0 Å². The van der Waals surface area contributed by atoms with Crippen LogP contribution < -0.4 is 0 Å². The van der Waals surface area contributed by atoms with E-state index in [9.17, 15) is 0 Å². The van der Waals surface area contributed by atoms with E-state index >= 15 is 0 Å². The van der Waals surface area contributed by atoms with E-state index in [0.29, 0.717) is 0 Å². The summed E-state index contributed by atoms with van der Waals surface area (Å²) in [6.07, 6.45) is 0. The summed E-state index contributed by atoms with van der Waals surface area (Å²) in [7, 11) is 0. The zero-order chi connectivity index (χ0) is 10.8. The Balaban J connectivity index is 2.59. The van der Waals surface area contributed by atoms with Gasteiger partial charge in [-0.2, -0.15) is 0 Å². The molecule has 0 N–H and O–H groups in total. The smallest absolute Gasteiger partial charge is 0.0917 e. The van der Waals surface area contributed by atoms with Crippen LogP contribution in [0.4, 0.5) is 0 Å². The zero-order valence-corrected chi connectivity index (χ0v) is 9.28. The van der Waals surface area contributed by atoms with Gasteiger partial charge in [-0.3, -0.25) is 4.98 Å². The predicted molar refractivity (Wildman–Crippen MR) is 61.7 cm³/mol. The molecule has 2 aromatic rings. The van der Waals surface area contributed by atoms with Crippen LogP contribution in [0.15, 0.2) is 30.3 Å². The highest BCUT2D eigenvalue weighted by Crippen LogP contribution is 2.20. The van der Waals surface area contributed by atoms with Gasteiger partial charge >= 0.3 is 0 Å². The minimum Gasteiger partial charge on any atom is -0.254 e. The van der Waals surface area contributed by atoms with Crippen LogP contribution in [0.2, 0.25) is 0 Å². The largest absolute Gasteiger partial charge is 0.254 e.